The van der Waals surface area contributed by atoms with Gasteiger partial charge in [-0.25, -0.2) is 0 Å². The molecule has 2 saturated carbocycles. The fourth-order valence-corrected chi connectivity index (χ4v) is 2.34. The predicted molar refractivity (Wildman–Crippen MR) is 42.6 cm³/mol. The summed E-state index contributed by atoms with van der Waals surface area (Å²) >= 11 is 0. The van der Waals surface area contributed by atoms with Gasteiger partial charge in [-0.2, -0.15) is 0 Å². The summed E-state index contributed by atoms with van der Waals surface area (Å²) in [6, 6.07) is 0. The van der Waals surface area contributed by atoms with E-state index in [2.05, 4.69) is 0 Å². The highest BCUT2D eigenvalue weighted by atomic mass is 16.5. The van der Waals surface area contributed by atoms with Crippen LogP contribution in [0.5, 0.6) is 0 Å². The molecule has 1 N–H and O–H groups in total. The van der Waals surface area contributed by atoms with E-state index in [-0.39, 0.29) is 23.7 Å². The van der Waals surface area contributed by atoms with Gasteiger partial charge < -0.3 is 9.84 Å². The Kier molecular flexibility index (Phi) is 1.73. The molecule has 0 heterocycles. The Hall–Kier alpha value is -0.410. The third-order valence-corrected chi connectivity index (χ3v) is 3.21. The van der Waals surface area contributed by atoms with Crippen molar-refractivity contribution in [1.82, 2.24) is 0 Å². The molecule has 2 fully saturated rings. The van der Waals surface area contributed by atoms with Crippen molar-refractivity contribution in [1.29, 1.82) is 0 Å². The van der Waals surface area contributed by atoms with Crippen LogP contribution in [0.4, 0.5) is 0 Å². The molecule has 0 amide bonds. The van der Waals surface area contributed by atoms with E-state index in [1.54, 1.807) is 7.11 Å². The number of ketones is 1. The molecule has 3 nitrogen and oxygen atoms in total. The first-order valence-electron chi connectivity index (χ1n) is 4.41. The molecule has 0 aromatic heterocycles. The van der Waals surface area contributed by atoms with Crippen molar-refractivity contribution in [3.63, 3.8) is 0 Å². The number of fused-ring (bicyclic) bond motifs is 1. The fourth-order valence-electron chi connectivity index (χ4n) is 2.34. The molecule has 1 unspecified atom stereocenters. The number of ether oxygens (including phenoxy) is 1. The number of Topliss-reactive ketones (excluding diaryl/α,β-unsaturated/α-hetero) is 1. The Morgan fingerprint density at radius 1 is 1.58 bits per heavy atom. The first-order valence-corrected chi connectivity index (χ1v) is 4.41. The van der Waals surface area contributed by atoms with Crippen molar-refractivity contribution < 1.29 is 14.6 Å². The summed E-state index contributed by atoms with van der Waals surface area (Å²) in [5, 5.41) is 9.52. The normalized spacial score (nSPS) is 51.9. The molecule has 3 heteroatoms. The molecule has 12 heavy (non-hydrogen) atoms. The number of aliphatic hydroxyl groups excluding tert-OH is 1. The van der Waals surface area contributed by atoms with Crippen LogP contribution in [0.1, 0.15) is 13.3 Å². The second-order valence-corrected chi connectivity index (χ2v) is 3.91. The SMILES string of the molecule is CO[C@@H]1[C@H]2C[C@H]2C(=O)C(O)[C@@H]1C. The number of methoxy groups -OCH3 is 1. The average molecular weight is 170 g/mol. The first-order chi connectivity index (χ1) is 5.66. The maximum absolute atomic E-state index is 11.3. The monoisotopic (exact) mass is 170 g/mol. The van der Waals surface area contributed by atoms with Crippen LogP contribution in [-0.4, -0.2) is 30.2 Å². The van der Waals surface area contributed by atoms with Gasteiger partial charge in [0.05, 0.1) is 6.10 Å². The lowest BCUT2D eigenvalue weighted by atomic mass is 9.84. The van der Waals surface area contributed by atoms with Gasteiger partial charge in [-0.1, -0.05) is 6.92 Å². The molecule has 5 atom stereocenters. The van der Waals surface area contributed by atoms with Gasteiger partial charge in [-0.05, 0) is 12.3 Å². The van der Waals surface area contributed by atoms with Crippen LogP contribution in [-0.2, 0) is 9.53 Å². The van der Waals surface area contributed by atoms with E-state index in [4.69, 9.17) is 4.74 Å². The first kappa shape index (κ1) is 8.20. The number of hydrogen-bond acceptors (Lipinski definition) is 3. The lowest BCUT2D eigenvalue weighted by Crippen LogP contribution is -2.43. The van der Waals surface area contributed by atoms with E-state index in [9.17, 15) is 9.90 Å². The summed E-state index contributed by atoms with van der Waals surface area (Å²) < 4.78 is 5.26. The van der Waals surface area contributed by atoms with Crippen LogP contribution in [0.2, 0.25) is 0 Å². The van der Waals surface area contributed by atoms with Gasteiger partial charge >= 0.3 is 0 Å². The maximum atomic E-state index is 11.3. The molecule has 0 radical (unpaired) electrons. The third kappa shape index (κ3) is 0.930. The van der Waals surface area contributed by atoms with Crippen LogP contribution in [0, 0.1) is 17.8 Å². The number of aliphatic hydroxyl groups is 1. The van der Waals surface area contributed by atoms with Gasteiger partial charge in [0.2, 0.25) is 0 Å². The second kappa shape index (κ2) is 2.54. The predicted octanol–water partition coefficient (Wildman–Crippen LogP) is 0.217. The molecule has 0 saturated heterocycles. The highest BCUT2D eigenvalue weighted by Gasteiger charge is 2.57. The van der Waals surface area contributed by atoms with Crippen LogP contribution in [0.3, 0.4) is 0 Å². The van der Waals surface area contributed by atoms with E-state index in [0.717, 1.165) is 6.42 Å². The molecule has 0 aromatic rings. The molecule has 2 aliphatic rings. The van der Waals surface area contributed by atoms with Crippen molar-refractivity contribution in [3.8, 4) is 0 Å². The van der Waals surface area contributed by atoms with Crippen LogP contribution < -0.4 is 0 Å². The Morgan fingerprint density at radius 3 is 2.83 bits per heavy atom. The summed E-state index contributed by atoms with van der Waals surface area (Å²) in [5.74, 6) is 0.481. The zero-order valence-corrected chi connectivity index (χ0v) is 7.36. The van der Waals surface area contributed by atoms with Crippen molar-refractivity contribution in [3.05, 3.63) is 0 Å². The van der Waals surface area contributed by atoms with E-state index >= 15 is 0 Å². The topological polar surface area (TPSA) is 46.5 Å². The molecule has 68 valence electrons. The molecular formula is C9H14O3. The van der Waals surface area contributed by atoms with Gasteiger partial charge in [0.25, 0.3) is 0 Å². The Labute approximate surface area is 71.7 Å². The van der Waals surface area contributed by atoms with E-state index in [1.165, 1.54) is 0 Å². The zero-order chi connectivity index (χ0) is 8.88. The Balaban J connectivity index is 2.16. The molecular weight excluding hydrogens is 156 g/mol. The molecule has 2 aliphatic carbocycles. The fraction of sp³-hybridized carbons (Fsp3) is 0.889. The number of carbonyl (C=O) groups excluding carboxylic acids is 1. The van der Waals surface area contributed by atoms with Crippen LogP contribution in [0.25, 0.3) is 0 Å². The lowest BCUT2D eigenvalue weighted by molar-refractivity contribution is -0.140. The molecule has 0 spiro atoms. The second-order valence-electron chi connectivity index (χ2n) is 3.91. The highest BCUT2D eigenvalue weighted by Crippen LogP contribution is 2.50. The number of carbonyl (C=O) groups is 1. The van der Waals surface area contributed by atoms with Crippen molar-refractivity contribution in [2.45, 2.75) is 25.6 Å². The van der Waals surface area contributed by atoms with Crippen LogP contribution >= 0.6 is 0 Å². The number of hydrogen-bond donors (Lipinski definition) is 1. The third-order valence-electron chi connectivity index (χ3n) is 3.21. The number of rotatable bonds is 1. The molecule has 0 bridgehead atoms. The summed E-state index contributed by atoms with van der Waals surface area (Å²) in [6.07, 6.45) is 0.208. The van der Waals surface area contributed by atoms with Crippen molar-refractivity contribution in [2.24, 2.45) is 17.8 Å². The minimum absolute atomic E-state index is 0.0285. The van der Waals surface area contributed by atoms with Gasteiger partial charge in [0.15, 0.2) is 5.78 Å². The molecule has 0 aromatic carbocycles. The summed E-state index contributed by atoms with van der Waals surface area (Å²) in [5.41, 5.74) is 0. The van der Waals surface area contributed by atoms with E-state index in [0.29, 0.717) is 5.92 Å². The molecule has 0 aliphatic heterocycles. The Morgan fingerprint density at radius 2 is 2.25 bits per heavy atom. The van der Waals surface area contributed by atoms with Gasteiger partial charge in [-0.15, -0.1) is 0 Å². The summed E-state index contributed by atoms with van der Waals surface area (Å²) in [7, 11) is 1.65. The standard InChI is InChI=1S/C9H14O3/c1-4-7(10)8(11)5-3-6(5)9(4)12-2/h4-7,9-10H,3H2,1-2H3/t4-,5+,6-,7?,9-/m0/s1. The smallest absolute Gasteiger partial charge is 0.165 e. The van der Waals surface area contributed by atoms with Crippen LogP contribution in [0.15, 0.2) is 0 Å². The van der Waals surface area contributed by atoms with E-state index < -0.39 is 6.10 Å². The quantitative estimate of drug-likeness (QED) is 0.612. The lowest BCUT2D eigenvalue weighted by Gasteiger charge is -2.30. The van der Waals surface area contributed by atoms with Gasteiger partial charge in [0, 0.05) is 18.9 Å². The minimum Gasteiger partial charge on any atom is -0.385 e. The summed E-state index contributed by atoms with van der Waals surface area (Å²) in [6.45, 7) is 1.88. The largest absolute Gasteiger partial charge is 0.385 e. The maximum Gasteiger partial charge on any atom is 0.165 e. The van der Waals surface area contributed by atoms with E-state index in [1.807, 2.05) is 6.92 Å². The van der Waals surface area contributed by atoms with Crippen molar-refractivity contribution in [2.75, 3.05) is 7.11 Å². The highest BCUT2D eigenvalue weighted by molar-refractivity contribution is 5.89. The minimum atomic E-state index is -0.793. The zero-order valence-electron chi connectivity index (χ0n) is 7.36. The van der Waals surface area contributed by atoms with Gasteiger partial charge in [-0.3, -0.25) is 4.79 Å². The van der Waals surface area contributed by atoms with Crippen molar-refractivity contribution >= 4 is 5.78 Å². The average Bonchev–Trinajstić information content (AvgIpc) is 2.81. The summed E-state index contributed by atoms with van der Waals surface area (Å²) in [4.78, 5) is 11.3. The Bertz CT molecular complexity index is 214. The molecule has 2 rings (SSSR count). The van der Waals surface area contributed by atoms with Gasteiger partial charge in [0.1, 0.15) is 6.10 Å².